The monoisotopic (exact) mass is 150 g/mol. The predicted molar refractivity (Wildman–Crippen MR) is 42.2 cm³/mol. The van der Waals surface area contributed by atoms with E-state index in [9.17, 15) is 4.79 Å². The summed E-state index contributed by atoms with van der Waals surface area (Å²) in [6.07, 6.45) is 4.94. The molecule has 0 aliphatic carbocycles. The van der Waals surface area contributed by atoms with Crippen LogP contribution in [0.5, 0.6) is 0 Å². The quantitative estimate of drug-likeness (QED) is 0.339. The standard InChI is InChI=1S/C8H6OS/c1-3-8(9)7-5-10-4-6(7)2/h1,4-5H,2H3. The van der Waals surface area contributed by atoms with E-state index >= 15 is 0 Å². The molecule has 0 unspecified atom stereocenters. The van der Waals surface area contributed by atoms with Gasteiger partial charge in [0.1, 0.15) is 0 Å². The Morgan fingerprint density at radius 2 is 2.40 bits per heavy atom. The molecule has 0 aliphatic heterocycles. The van der Waals surface area contributed by atoms with E-state index in [4.69, 9.17) is 6.42 Å². The van der Waals surface area contributed by atoms with Crippen molar-refractivity contribution in [1.82, 2.24) is 0 Å². The van der Waals surface area contributed by atoms with Crippen LogP contribution < -0.4 is 0 Å². The molecule has 50 valence electrons. The zero-order valence-electron chi connectivity index (χ0n) is 5.55. The minimum absolute atomic E-state index is 0.223. The molecule has 0 aliphatic rings. The molecule has 0 atom stereocenters. The lowest BCUT2D eigenvalue weighted by atomic mass is 10.1. The van der Waals surface area contributed by atoms with Crippen LogP contribution in [0.2, 0.25) is 0 Å². The summed E-state index contributed by atoms with van der Waals surface area (Å²) in [4.78, 5) is 10.9. The second-order valence-electron chi connectivity index (χ2n) is 1.94. The first-order valence-electron chi connectivity index (χ1n) is 2.79. The van der Waals surface area contributed by atoms with Gasteiger partial charge in [0, 0.05) is 10.9 Å². The third-order valence-electron chi connectivity index (χ3n) is 1.23. The first kappa shape index (κ1) is 7.04. The molecule has 0 fully saturated rings. The number of Topliss-reactive ketones (excluding diaryl/α,β-unsaturated/α-hetero) is 1. The molecule has 0 saturated carbocycles. The first-order valence-corrected chi connectivity index (χ1v) is 3.73. The smallest absolute Gasteiger partial charge is 0.236 e. The molecule has 1 nitrogen and oxygen atoms in total. The molecule has 0 N–H and O–H groups in total. The van der Waals surface area contributed by atoms with E-state index in [1.54, 1.807) is 5.38 Å². The summed E-state index contributed by atoms with van der Waals surface area (Å²) >= 11 is 1.49. The molecule has 0 bridgehead atoms. The summed E-state index contributed by atoms with van der Waals surface area (Å²) in [6, 6.07) is 0. The Labute approximate surface area is 63.7 Å². The molecule has 0 aromatic carbocycles. The van der Waals surface area contributed by atoms with Crippen molar-refractivity contribution in [3.05, 3.63) is 21.9 Å². The number of carbonyl (C=O) groups is 1. The van der Waals surface area contributed by atoms with Gasteiger partial charge < -0.3 is 0 Å². The Bertz CT molecular complexity index is 290. The van der Waals surface area contributed by atoms with Gasteiger partial charge in [-0.15, -0.1) is 6.42 Å². The van der Waals surface area contributed by atoms with Gasteiger partial charge in [-0.25, -0.2) is 0 Å². The third-order valence-corrected chi connectivity index (χ3v) is 2.09. The minimum atomic E-state index is -0.223. The number of ketones is 1. The number of thiophene rings is 1. The number of hydrogen-bond acceptors (Lipinski definition) is 2. The van der Waals surface area contributed by atoms with Crippen molar-refractivity contribution in [3.8, 4) is 12.3 Å². The lowest BCUT2D eigenvalue weighted by molar-refractivity contribution is 0.105. The maximum Gasteiger partial charge on any atom is 0.236 e. The highest BCUT2D eigenvalue weighted by Gasteiger charge is 2.04. The zero-order valence-corrected chi connectivity index (χ0v) is 6.37. The number of carbonyl (C=O) groups excluding carboxylic acids is 1. The Morgan fingerprint density at radius 1 is 1.70 bits per heavy atom. The number of rotatable bonds is 1. The van der Waals surface area contributed by atoms with Gasteiger partial charge in [-0.2, -0.15) is 11.3 Å². The molecule has 1 heterocycles. The third kappa shape index (κ3) is 1.09. The second-order valence-corrected chi connectivity index (χ2v) is 2.69. The number of hydrogen-bond donors (Lipinski definition) is 0. The first-order chi connectivity index (χ1) is 4.75. The molecular weight excluding hydrogens is 144 g/mol. The molecule has 10 heavy (non-hydrogen) atoms. The highest BCUT2D eigenvalue weighted by Crippen LogP contribution is 2.13. The fourth-order valence-electron chi connectivity index (χ4n) is 0.671. The zero-order chi connectivity index (χ0) is 7.56. The van der Waals surface area contributed by atoms with E-state index in [1.807, 2.05) is 12.3 Å². The van der Waals surface area contributed by atoms with E-state index in [-0.39, 0.29) is 5.78 Å². The molecule has 0 radical (unpaired) electrons. The highest BCUT2D eigenvalue weighted by atomic mass is 32.1. The van der Waals surface area contributed by atoms with Crippen molar-refractivity contribution >= 4 is 17.1 Å². The van der Waals surface area contributed by atoms with Gasteiger partial charge in [0.25, 0.3) is 0 Å². The average Bonchev–Trinajstić information content (AvgIpc) is 2.34. The molecule has 0 amide bonds. The summed E-state index contributed by atoms with van der Waals surface area (Å²) in [5.74, 6) is 1.85. The lowest BCUT2D eigenvalue weighted by Gasteiger charge is -1.87. The average molecular weight is 150 g/mol. The van der Waals surface area contributed by atoms with E-state index < -0.39 is 0 Å². The lowest BCUT2D eigenvalue weighted by Crippen LogP contribution is -1.93. The number of aryl methyl sites for hydroxylation is 1. The SMILES string of the molecule is C#CC(=O)c1cscc1C. The summed E-state index contributed by atoms with van der Waals surface area (Å²) in [5, 5.41) is 3.68. The highest BCUT2D eigenvalue weighted by molar-refractivity contribution is 7.08. The molecule has 2 heteroatoms. The van der Waals surface area contributed by atoms with Crippen molar-refractivity contribution in [3.63, 3.8) is 0 Å². The Hall–Kier alpha value is -1.07. The van der Waals surface area contributed by atoms with Crippen molar-refractivity contribution in [2.45, 2.75) is 6.92 Å². The second kappa shape index (κ2) is 2.68. The summed E-state index contributed by atoms with van der Waals surface area (Å²) < 4.78 is 0. The summed E-state index contributed by atoms with van der Waals surface area (Å²) in [7, 11) is 0. The number of terminal acetylenes is 1. The van der Waals surface area contributed by atoms with Crippen molar-refractivity contribution in [2.24, 2.45) is 0 Å². The van der Waals surface area contributed by atoms with E-state index in [0.29, 0.717) is 5.56 Å². The molecule has 0 spiro atoms. The van der Waals surface area contributed by atoms with Crippen LogP contribution in [0.3, 0.4) is 0 Å². The largest absolute Gasteiger partial charge is 0.279 e. The van der Waals surface area contributed by atoms with Gasteiger partial charge in [0.2, 0.25) is 5.78 Å². The Balaban J connectivity index is 3.08. The summed E-state index contributed by atoms with van der Waals surface area (Å²) in [6.45, 7) is 1.88. The maximum absolute atomic E-state index is 10.9. The van der Waals surface area contributed by atoms with Crippen LogP contribution in [0.25, 0.3) is 0 Å². The topological polar surface area (TPSA) is 17.1 Å². The van der Waals surface area contributed by atoms with E-state index in [2.05, 4.69) is 5.92 Å². The van der Waals surface area contributed by atoms with Gasteiger partial charge >= 0.3 is 0 Å². The van der Waals surface area contributed by atoms with Crippen molar-refractivity contribution < 1.29 is 4.79 Å². The summed E-state index contributed by atoms with van der Waals surface area (Å²) in [5.41, 5.74) is 1.63. The Kier molecular flexibility index (Phi) is 1.88. The van der Waals surface area contributed by atoms with Gasteiger partial charge in [0.05, 0.1) is 0 Å². The van der Waals surface area contributed by atoms with E-state index in [0.717, 1.165) is 5.56 Å². The minimum Gasteiger partial charge on any atom is -0.279 e. The van der Waals surface area contributed by atoms with Gasteiger partial charge in [-0.1, -0.05) is 0 Å². The van der Waals surface area contributed by atoms with Crippen LogP contribution in [-0.2, 0) is 0 Å². The van der Waals surface area contributed by atoms with Gasteiger partial charge in [-0.05, 0) is 23.8 Å². The van der Waals surface area contributed by atoms with Gasteiger partial charge in [-0.3, -0.25) is 4.79 Å². The molecule has 1 aromatic rings. The molecule has 1 rings (SSSR count). The predicted octanol–water partition coefficient (Wildman–Crippen LogP) is 1.87. The van der Waals surface area contributed by atoms with Crippen LogP contribution in [0, 0.1) is 19.3 Å². The van der Waals surface area contributed by atoms with Crippen LogP contribution >= 0.6 is 11.3 Å². The van der Waals surface area contributed by atoms with Gasteiger partial charge in [0.15, 0.2) is 0 Å². The normalized spacial score (nSPS) is 8.80. The van der Waals surface area contributed by atoms with Crippen LogP contribution in [0.15, 0.2) is 10.8 Å². The van der Waals surface area contributed by atoms with Crippen LogP contribution in [0.4, 0.5) is 0 Å². The molecule has 1 aromatic heterocycles. The van der Waals surface area contributed by atoms with Crippen molar-refractivity contribution in [1.29, 1.82) is 0 Å². The van der Waals surface area contributed by atoms with Crippen LogP contribution in [-0.4, -0.2) is 5.78 Å². The fraction of sp³-hybridized carbons (Fsp3) is 0.125. The van der Waals surface area contributed by atoms with E-state index in [1.165, 1.54) is 11.3 Å². The molecule has 0 saturated heterocycles. The molecular formula is C8H6OS. The Morgan fingerprint density at radius 3 is 2.80 bits per heavy atom. The maximum atomic E-state index is 10.9. The van der Waals surface area contributed by atoms with Crippen molar-refractivity contribution in [2.75, 3.05) is 0 Å². The van der Waals surface area contributed by atoms with Crippen LogP contribution in [0.1, 0.15) is 15.9 Å². The fourth-order valence-corrected chi connectivity index (χ4v) is 1.50.